The van der Waals surface area contributed by atoms with Crippen LogP contribution >= 0.6 is 11.3 Å². The first-order valence-corrected chi connectivity index (χ1v) is 9.03. The van der Waals surface area contributed by atoms with Crippen molar-refractivity contribution in [3.8, 4) is 0 Å². The van der Waals surface area contributed by atoms with Crippen molar-refractivity contribution >= 4 is 21.4 Å². The maximum absolute atomic E-state index is 12.0. The molecule has 2 rings (SSSR count). The molecular formula is C12H21N3O2S2. The summed E-state index contributed by atoms with van der Waals surface area (Å²) in [6.45, 7) is 4.63. The van der Waals surface area contributed by atoms with Crippen LogP contribution in [0.25, 0.3) is 0 Å². The zero-order valence-electron chi connectivity index (χ0n) is 11.3. The van der Waals surface area contributed by atoms with Gasteiger partial charge < -0.3 is 5.32 Å². The second kappa shape index (κ2) is 6.30. The van der Waals surface area contributed by atoms with Crippen LogP contribution in [0, 0.1) is 6.92 Å². The monoisotopic (exact) mass is 303 g/mol. The van der Waals surface area contributed by atoms with Gasteiger partial charge in [-0.05, 0) is 26.7 Å². The number of thiazole rings is 1. The summed E-state index contributed by atoms with van der Waals surface area (Å²) in [4.78, 5) is 4.31. The van der Waals surface area contributed by atoms with E-state index in [-0.39, 0.29) is 0 Å². The van der Waals surface area contributed by atoms with E-state index < -0.39 is 15.3 Å². The van der Waals surface area contributed by atoms with E-state index in [4.69, 9.17) is 0 Å². The van der Waals surface area contributed by atoms with Gasteiger partial charge in [0.25, 0.3) is 0 Å². The number of sulfonamides is 1. The molecule has 2 N–H and O–H groups in total. The minimum Gasteiger partial charge on any atom is -0.313 e. The summed E-state index contributed by atoms with van der Waals surface area (Å²) in [5, 5.41) is 5.80. The number of rotatable bonds is 8. The van der Waals surface area contributed by atoms with E-state index in [2.05, 4.69) is 15.0 Å². The highest BCUT2D eigenvalue weighted by atomic mass is 32.2. The summed E-state index contributed by atoms with van der Waals surface area (Å²) in [7, 11) is -3.23. The Morgan fingerprint density at radius 2 is 2.26 bits per heavy atom. The van der Waals surface area contributed by atoms with E-state index in [1.54, 1.807) is 18.3 Å². The van der Waals surface area contributed by atoms with Crippen LogP contribution in [0.5, 0.6) is 0 Å². The Balaban J connectivity index is 1.72. The van der Waals surface area contributed by atoms with Gasteiger partial charge in [0, 0.05) is 36.6 Å². The average Bonchev–Trinajstić information content (AvgIpc) is 3.09. The third-order valence-electron chi connectivity index (χ3n) is 3.11. The first-order chi connectivity index (χ1) is 8.97. The highest BCUT2D eigenvalue weighted by Crippen LogP contribution is 2.18. The fraction of sp³-hybridized carbons (Fsp3) is 0.750. The number of nitrogens with zero attached hydrogens (tertiary/aromatic N) is 1. The number of aromatic nitrogens is 1. The molecule has 108 valence electrons. The Hall–Kier alpha value is -0.500. The lowest BCUT2D eigenvalue weighted by molar-refractivity contribution is 0.557. The fourth-order valence-electron chi connectivity index (χ4n) is 1.69. The summed E-state index contributed by atoms with van der Waals surface area (Å²) in [5.74, 6) is 0. The molecule has 1 fully saturated rings. The molecule has 0 radical (unpaired) electrons. The van der Waals surface area contributed by atoms with Crippen molar-refractivity contribution in [1.82, 2.24) is 15.0 Å². The standard InChI is InChI=1S/C12H21N3O2S2/c1-9-8-18-12(15-9)5-6-14-19(16,17)10(2)7-13-11-3-4-11/h8,10-11,13-14H,3-7H2,1-2H3. The highest BCUT2D eigenvalue weighted by molar-refractivity contribution is 7.90. The van der Waals surface area contributed by atoms with Gasteiger partial charge in [0.2, 0.25) is 10.0 Å². The van der Waals surface area contributed by atoms with Crippen molar-refractivity contribution in [2.24, 2.45) is 0 Å². The van der Waals surface area contributed by atoms with E-state index in [9.17, 15) is 8.42 Å². The summed E-state index contributed by atoms with van der Waals surface area (Å²) >= 11 is 1.57. The van der Waals surface area contributed by atoms with Crippen molar-refractivity contribution < 1.29 is 8.42 Å². The normalized spacial score (nSPS) is 17.6. The van der Waals surface area contributed by atoms with Gasteiger partial charge in [-0.15, -0.1) is 11.3 Å². The molecule has 0 spiro atoms. The first-order valence-electron chi connectivity index (χ1n) is 6.60. The molecule has 0 bridgehead atoms. The second-order valence-corrected chi connectivity index (χ2v) is 8.19. The van der Waals surface area contributed by atoms with E-state index in [0.717, 1.165) is 10.7 Å². The van der Waals surface area contributed by atoms with Crippen LogP contribution in [-0.2, 0) is 16.4 Å². The van der Waals surface area contributed by atoms with Gasteiger partial charge in [-0.25, -0.2) is 18.1 Å². The lowest BCUT2D eigenvalue weighted by Gasteiger charge is -2.14. The fourth-order valence-corrected chi connectivity index (χ4v) is 3.45. The topological polar surface area (TPSA) is 71.1 Å². The summed E-state index contributed by atoms with van der Waals surface area (Å²) in [6, 6.07) is 0.538. The molecule has 19 heavy (non-hydrogen) atoms. The number of aryl methyl sites for hydroxylation is 1. The van der Waals surface area contributed by atoms with Crippen LogP contribution in [0.4, 0.5) is 0 Å². The van der Waals surface area contributed by atoms with Crippen LogP contribution in [0.2, 0.25) is 0 Å². The Morgan fingerprint density at radius 3 is 2.84 bits per heavy atom. The van der Waals surface area contributed by atoms with Gasteiger partial charge in [-0.1, -0.05) is 0 Å². The van der Waals surface area contributed by atoms with E-state index in [1.165, 1.54) is 12.8 Å². The Kier molecular flexibility index (Phi) is 4.94. The molecule has 1 unspecified atom stereocenters. The predicted molar refractivity (Wildman–Crippen MR) is 78.0 cm³/mol. The van der Waals surface area contributed by atoms with Gasteiger partial charge in [0.05, 0.1) is 10.3 Å². The molecule has 0 aromatic carbocycles. The van der Waals surface area contributed by atoms with Crippen molar-refractivity contribution in [3.63, 3.8) is 0 Å². The smallest absolute Gasteiger partial charge is 0.215 e. The Labute approximate surface area is 118 Å². The van der Waals surface area contributed by atoms with Crippen molar-refractivity contribution in [2.75, 3.05) is 13.1 Å². The molecule has 0 amide bonds. The number of hydrogen-bond acceptors (Lipinski definition) is 5. The largest absolute Gasteiger partial charge is 0.313 e. The Morgan fingerprint density at radius 1 is 1.53 bits per heavy atom. The third-order valence-corrected chi connectivity index (χ3v) is 5.97. The van der Waals surface area contributed by atoms with Gasteiger partial charge in [0.1, 0.15) is 0 Å². The van der Waals surface area contributed by atoms with Crippen LogP contribution in [-0.4, -0.2) is 37.8 Å². The molecule has 1 aromatic rings. The molecular weight excluding hydrogens is 282 g/mol. The maximum Gasteiger partial charge on any atom is 0.215 e. The minimum atomic E-state index is -3.23. The molecule has 5 nitrogen and oxygen atoms in total. The summed E-state index contributed by atoms with van der Waals surface area (Å²) in [5.41, 5.74) is 0.991. The maximum atomic E-state index is 12.0. The zero-order valence-corrected chi connectivity index (χ0v) is 13.0. The van der Waals surface area contributed by atoms with Gasteiger partial charge >= 0.3 is 0 Å². The van der Waals surface area contributed by atoms with E-state index >= 15 is 0 Å². The number of hydrogen-bond donors (Lipinski definition) is 2. The van der Waals surface area contributed by atoms with E-state index in [1.807, 2.05) is 12.3 Å². The second-order valence-electron chi connectivity index (χ2n) is 5.07. The van der Waals surface area contributed by atoms with E-state index in [0.29, 0.717) is 25.6 Å². The average molecular weight is 303 g/mol. The Bertz CT molecular complexity index is 509. The van der Waals surface area contributed by atoms with Crippen LogP contribution in [0.1, 0.15) is 30.5 Å². The molecule has 1 saturated carbocycles. The molecule has 0 aliphatic heterocycles. The van der Waals surface area contributed by atoms with Gasteiger partial charge in [0.15, 0.2) is 0 Å². The van der Waals surface area contributed by atoms with Crippen LogP contribution < -0.4 is 10.0 Å². The lowest BCUT2D eigenvalue weighted by atomic mass is 10.4. The lowest BCUT2D eigenvalue weighted by Crippen LogP contribution is -2.40. The van der Waals surface area contributed by atoms with Gasteiger partial charge in [-0.3, -0.25) is 0 Å². The molecule has 1 aliphatic rings. The molecule has 1 aromatic heterocycles. The molecule has 1 heterocycles. The van der Waals surface area contributed by atoms with Crippen molar-refractivity contribution in [2.45, 2.75) is 44.4 Å². The zero-order chi connectivity index (χ0) is 13.9. The molecule has 7 heteroatoms. The quantitative estimate of drug-likeness (QED) is 0.753. The first kappa shape index (κ1) is 14.9. The summed E-state index contributed by atoms with van der Waals surface area (Å²) < 4.78 is 26.6. The summed E-state index contributed by atoms with van der Waals surface area (Å²) in [6.07, 6.45) is 2.99. The number of nitrogens with one attached hydrogen (secondary N) is 2. The SMILES string of the molecule is Cc1csc(CCNS(=O)(=O)C(C)CNC2CC2)n1. The predicted octanol–water partition coefficient (Wildman–Crippen LogP) is 1.05. The minimum absolute atomic E-state index is 0.397. The van der Waals surface area contributed by atoms with Gasteiger partial charge in [-0.2, -0.15) is 0 Å². The van der Waals surface area contributed by atoms with Crippen molar-refractivity contribution in [1.29, 1.82) is 0 Å². The van der Waals surface area contributed by atoms with Crippen LogP contribution in [0.3, 0.4) is 0 Å². The highest BCUT2D eigenvalue weighted by Gasteiger charge is 2.25. The van der Waals surface area contributed by atoms with Crippen molar-refractivity contribution in [3.05, 3.63) is 16.1 Å². The third kappa shape index (κ3) is 4.83. The molecule has 1 atom stereocenters. The molecule has 1 aliphatic carbocycles. The van der Waals surface area contributed by atoms with Crippen LogP contribution in [0.15, 0.2) is 5.38 Å². The molecule has 0 saturated heterocycles.